The predicted molar refractivity (Wildman–Crippen MR) is 118 cm³/mol. The Balaban J connectivity index is 2.14. The third-order valence-corrected chi connectivity index (χ3v) is 7.00. The first-order chi connectivity index (χ1) is 15.5. The molecule has 0 spiro atoms. The highest BCUT2D eigenvalue weighted by Crippen LogP contribution is 2.35. The molecule has 0 aliphatic rings. The second-order valence-corrected chi connectivity index (χ2v) is 9.78. The summed E-state index contributed by atoms with van der Waals surface area (Å²) in [6, 6.07) is 2.79. The van der Waals surface area contributed by atoms with Crippen LogP contribution in [0.3, 0.4) is 0 Å². The lowest BCUT2D eigenvalue weighted by Gasteiger charge is -2.25. The van der Waals surface area contributed by atoms with Gasteiger partial charge in [-0.1, -0.05) is 13.0 Å². The lowest BCUT2D eigenvalue weighted by atomic mass is 9.88. The first-order valence-corrected chi connectivity index (χ1v) is 11.8. The molecule has 0 radical (unpaired) electrons. The highest BCUT2D eigenvalue weighted by Gasteiger charge is 2.35. The van der Waals surface area contributed by atoms with Gasteiger partial charge in [0.1, 0.15) is 11.9 Å². The zero-order chi connectivity index (χ0) is 24.5. The molecule has 10 nitrogen and oxygen atoms in total. The fourth-order valence-corrected chi connectivity index (χ4v) is 5.10. The molecule has 0 saturated heterocycles. The molecule has 33 heavy (non-hydrogen) atoms. The number of halogens is 2. The Morgan fingerprint density at radius 1 is 1.33 bits per heavy atom. The smallest absolute Gasteiger partial charge is 0.434 e. The van der Waals surface area contributed by atoms with Crippen molar-refractivity contribution in [1.29, 1.82) is 0 Å². The van der Waals surface area contributed by atoms with Gasteiger partial charge in [-0.3, -0.25) is 0 Å². The molecule has 0 aliphatic carbocycles. The Morgan fingerprint density at radius 2 is 2.03 bits per heavy atom. The van der Waals surface area contributed by atoms with Crippen molar-refractivity contribution in [3.8, 4) is 0 Å². The molecule has 3 aromatic rings. The number of hydrogen-bond donors (Lipinski definition) is 2. The van der Waals surface area contributed by atoms with Crippen LogP contribution in [-0.2, 0) is 14.8 Å². The van der Waals surface area contributed by atoms with E-state index in [-0.39, 0.29) is 17.0 Å². The topological polar surface area (TPSA) is 144 Å². The number of rotatable bonds is 7. The second kappa shape index (κ2) is 9.53. The Labute approximate surface area is 196 Å². The molecule has 3 rings (SSSR count). The molecule has 1 aromatic carbocycles. The first kappa shape index (κ1) is 24.7. The van der Waals surface area contributed by atoms with Crippen molar-refractivity contribution in [3.05, 3.63) is 73.4 Å². The number of methoxy groups -OCH3 is 1. The van der Waals surface area contributed by atoms with Gasteiger partial charge in [0.2, 0.25) is 5.89 Å². The van der Waals surface area contributed by atoms with Gasteiger partial charge in [-0.15, -0.1) is 5.10 Å². The molecule has 2 heterocycles. The number of sulfonamides is 1. The molecule has 2 N–H and O–H groups in total. The summed E-state index contributed by atoms with van der Waals surface area (Å²) >= 11 is 3.14. The molecule has 0 fully saturated rings. The second-order valence-electron chi connectivity index (χ2n) is 7.24. The fraction of sp³-hybridized carbons (Fsp3) is 0.300. The summed E-state index contributed by atoms with van der Waals surface area (Å²) in [6.07, 6.45) is 1.19. The summed E-state index contributed by atoms with van der Waals surface area (Å²) in [7, 11) is -3.41. The summed E-state index contributed by atoms with van der Waals surface area (Å²) < 4.78 is 53.8. The highest BCUT2D eigenvalue weighted by molar-refractivity contribution is 9.10. The van der Waals surface area contributed by atoms with E-state index < -0.39 is 44.6 Å². The van der Waals surface area contributed by atoms with Crippen molar-refractivity contribution < 1.29 is 26.8 Å². The van der Waals surface area contributed by atoms with E-state index in [9.17, 15) is 22.4 Å². The normalized spacial score (nSPS) is 13.5. The molecule has 13 heteroatoms. The number of esters is 1. The maximum Gasteiger partial charge on any atom is 0.434 e. The predicted octanol–water partition coefficient (Wildman–Crippen LogP) is 2.89. The number of benzene rings is 1. The van der Waals surface area contributed by atoms with Gasteiger partial charge in [-0.05, 0) is 58.6 Å². The van der Waals surface area contributed by atoms with Crippen LogP contribution in [0.4, 0.5) is 4.39 Å². The standard InChI is InChI=1S/C20H20BrFN4O6S/c1-9-5-6-14(22)15(10(9)2)11(3)16(17-24-25-20(28)32-17)26-33(29,30)18-13(19(27)31-4)7-12(21)8-23-18/h5-8,11,16,26H,1-4H3,(H,25,28). The van der Waals surface area contributed by atoms with Crippen LogP contribution in [0.2, 0.25) is 0 Å². The number of ether oxygens (including phenoxy) is 1. The monoisotopic (exact) mass is 542 g/mol. The molecule has 0 aliphatic heterocycles. The van der Waals surface area contributed by atoms with Crippen LogP contribution < -0.4 is 10.5 Å². The van der Waals surface area contributed by atoms with E-state index in [0.29, 0.717) is 10.0 Å². The molecule has 0 bridgehead atoms. The SMILES string of the molecule is COC(=O)c1cc(Br)cnc1S(=O)(=O)NC(c1n[nH]c(=O)o1)C(C)c1c(F)ccc(C)c1C. The molecule has 2 unspecified atom stereocenters. The van der Waals surface area contributed by atoms with E-state index >= 15 is 0 Å². The third-order valence-electron chi connectivity index (χ3n) is 5.17. The summed E-state index contributed by atoms with van der Waals surface area (Å²) in [5, 5.41) is 5.19. The van der Waals surface area contributed by atoms with Gasteiger partial charge in [-0.2, -0.15) is 4.72 Å². The van der Waals surface area contributed by atoms with E-state index in [1.165, 1.54) is 18.3 Å². The van der Waals surface area contributed by atoms with Crippen molar-refractivity contribution in [1.82, 2.24) is 19.9 Å². The number of carbonyl (C=O) groups excluding carboxylic acids is 1. The number of nitrogens with zero attached hydrogens (tertiary/aromatic N) is 2. The van der Waals surface area contributed by atoms with Crippen molar-refractivity contribution in [2.45, 2.75) is 37.8 Å². The van der Waals surface area contributed by atoms with Crippen LogP contribution in [0.5, 0.6) is 0 Å². The first-order valence-electron chi connectivity index (χ1n) is 9.53. The van der Waals surface area contributed by atoms with Crippen molar-refractivity contribution in [2.24, 2.45) is 0 Å². The third kappa shape index (κ3) is 5.04. The van der Waals surface area contributed by atoms with Crippen LogP contribution in [0, 0.1) is 19.7 Å². The maximum absolute atomic E-state index is 14.8. The van der Waals surface area contributed by atoms with E-state index in [1.54, 1.807) is 26.8 Å². The van der Waals surface area contributed by atoms with Gasteiger partial charge >= 0.3 is 11.7 Å². The largest absolute Gasteiger partial charge is 0.465 e. The average Bonchev–Trinajstić information content (AvgIpc) is 3.20. The van der Waals surface area contributed by atoms with Crippen LogP contribution in [0.15, 0.2) is 43.1 Å². The number of aryl methyl sites for hydroxylation is 1. The molecule has 176 valence electrons. The molecular formula is C20H20BrFN4O6S. The molecule has 2 aromatic heterocycles. The number of H-pyrrole nitrogens is 1. The Bertz CT molecular complexity index is 1370. The van der Waals surface area contributed by atoms with Crippen molar-refractivity contribution >= 4 is 31.9 Å². The van der Waals surface area contributed by atoms with Gasteiger partial charge in [0.15, 0.2) is 5.03 Å². The lowest BCUT2D eigenvalue weighted by Crippen LogP contribution is -2.34. The minimum absolute atomic E-state index is 0.213. The van der Waals surface area contributed by atoms with Crippen LogP contribution in [-0.4, -0.2) is 36.7 Å². The van der Waals surface area contributed by atoms with Gasteiger partial charge in [-0.25, -0.2) is 32.5 Å². The van der Waals surface area contributed by atoms with Crippen LogP contribution in [0.25, 0.3) is 0 Å². The number of nitrogens with one attached hydrogen (secondary N) is 2. The zero-order valence-corrected chi connectivity index (χ0v) is 20.4. The Kier molecular flexibility index (Phi) is 7.14. The Morgan fingerprint density at radius 3 is 2.64 bits per heavy atom. The minimum atomic E-state index is -4.51. The van der Waals surface area contributed by atoms with Crippen molar-refractivity contribution in [2.75, 3.05) is 7.11 Å². The summed E-state index contributed by atoms with van der Waals surface area (Å²) in [4.78, 5) is 27.6. The maximum atomic E-state index is 14.8. The average molecular weight is 543 g/mol. The van der Waals surface area contributed by atoms with Gasteiger partial charge in [0, 0.05) is 16.6 Å². The molecule has 2 atom stereocenters. The molecule has 0 saturated carbocycles. The van der Waals surface area contributed by atoms with Gasteiger partial charge in [0.25, 0.3) is 10.0 Å². The Hall–Kier alpha value is -2.90. The van der Waals surface area contributed by atoms with Crippen LogP contribution in [0.1, 0.15) is 51.8 Å². The van der Waals surface area contributed by atoms with Gasteiger partial charge in [0.05, 0.1) is 12.7 Å². The molecule has 0 amide bonds. The fourth-order valence-electron chi connectivity index (χ4n) is 3.39. The van der Waals surface area contributed by atoms with E-state index in [4.69, 9.17) is 4.42 Å². The summed E-state index contributed by atoms with van der Waals surface area (Å²) in [5.74, 6) is -3.60. The van der Waals surface area contributed by atoms with Crippen molar-refractivity contribution in [3.63, 3.8) is 0 Å². The number of pyridine rings is 1. The van der Waals surface area contributed by atoms with Crippen LogP contribution >= 0.6 is 15.9 Å². The minimum Gasteiger partial charge on any atom is -0.465 e. The number of carbonyl (C=O) groups is 1. The van der Waals surface area contributed by atoms with E-state index in [1.807, 2.05) is 0 Å². The van der Waals surface area contributed by atoms with Gasteiger partial charge < -0.3 is 9.15 Å². The quantitative estimate of drug-likeness (QED) is 0.433. The zero-order valence-electron chi connectivity index (χ0n) is 18.0. The molecular weight excluding hydrogens is 523 g/mol. The number of aromatic amines is 1. The lowest BCUT2D eigenvalue weighted by molar-refractivity contribution is 0.0595. The highest BCUT2D eigenvalue weighted by atomic mass is 79.9. The summed E-state index contributed by atoms with van der Waals surface area (Å²) in [5.41, 5.74) is 1.27. The number of aromatic nitrogens is 3. The number of hydrogen-bond acceptors (Lipinski definition) is 8. The van der Waals surface area contributed by atoms with E-state index in [2.05, 4.69) is 40.6 Å². The van der Waals surface area contributed by atoms with E-state index in [0.717, 1.165) is 12.7 Å². The summed E-state index contributed by atoms with van der Waals surface area (Å²) in [6.45, 7) is 5.04.